The maximum Gasteiger partial charge on any atom is 0.338 e. The number of rotatable bonds is 7. The van der Waals surface area contributed by atoms with Gasteiger partial charge in [-0.2, -0.15) is 9.61 Å². The lowest BCUT2D eigenvalue weighted by Crippen LogP contribution is -2.20. The molecule has 2 aromatic carbocycles. The lowest BCUT2D eigenvalue weighted by atomic mass is 10.2. The number of aromatic nitrogens is 3. The summed E-state index contributed by atoms with van der Waals surface area (Å²) in [5.41, 5.74) is 1.87. The van der Waals surface area contributed by atoms with E-state index < -0.39 is 5.97 Å². The Labute approximate surface area is 192 Å². The molecule has 0 spiro atoms. The van der Waals surface area contributed by atoms with Crippen LogP contribution in [0.3, 0.4) is 0 Å². The Balaban J connectivity index is 1.30. The molecule has 0 aliphatic rings. The number of aryl methyl sites for hydroxylation is 2. The summed E-state index contributed by atoms with van der Waals surface area (Å²) >= 11 is 1.28. The highest BCUT2D eigenvalue weighted by Gasteiger charge is 2.12. The number of nitrogens with zero attached hydrogens (tertiary/aromatic N) is 3. The minimum absolute atomic E-state index is 0.135. The third-order valence-electron chi connectivity index (χ3n) is 4.51. The summed E-state index contributed by atoms with van der Waals surface area (Å²) in [5.74, 6) is -0.277. The van der Waals surface area contributed by atoms with Gasteiger partial charge in [0.2, 0.25) is 4.96 Å². The smallest absolute Gasteiger partial charge is 0.338 e. The average Bonchev–Trinajstić information content (AvgIpc) is 3.17. The number of ether oxygens (including phenoxy) is 2. The van der Waals surface area contributed by atoms with Gasteiger partial charge < -0.3 is 14.8 Å². The SMILES string of the molecule is Cc1cccc(OCC(=O)Nc2ccc(C(=O)OCc3cc(=O)n4nc(C)sc4n3)cc2)c1. The molecule has 0 bridgehead atoms. The Bertz CT molecular complexity index is 1380. The highest BCUT2D eigenvalue weighted by Crippen LogP contribution is 2.14. The zero-order valence-corrected chi connectivity index (χ0v) is 18.7. The minimum Gasteiger partial charge on any atom is -0.484 e. The number of anilines is 1. The predicted molar refractivity (Wildman–Crippen MR) is 123 cm³/mol. The Morgan fingerprint density at radius 3 is 2.64 bits per heavy atom. The van der Waals surface area contributed by atoms with Crippen molar-refractivity contribution < 1.29 is 19.1 Å². The minimum atomic E-state index is -0.571. The fourth-order valence-electron chi connectivity index (χ4n) is 2.99. The first kappa shape index (κ1) is 22.2. The summed E-state index contributed by atoms with van der Waals surface area (Å²) in [6.07, 6.45) is 0. The van der Waals surface area contributed by atoms with Crippen molar-refractivity contribution in [1.29, 1.82) is 0 Å². The molecule has 0 aliphatic carbocycles. The highest BCUT2D eigenvalue weighted by molar-refractivity contribution is 7.16. The molecule has 0 atom stereocenters. The molecule has 0 saturated heterocycles. The van der Waals surface area contributed by atoms with E-state index in [1.165, 1.54) is 34.1 Å². The number of hydrogen-bond donors (Lipinski definition) is 1. The van der Waals surface area contributed by atoms with Gasteiger partial charge in [0.05, 0.1) is 11.3 Å². The second-order valence-corrected chi connectivity index (χ2v) is 8.37. The fraction of sp³-hybridized carbons (Fsp3) is 0.174. The van der Waals surface area contributed by atoms with Crippen molar-refractivity contribution in [2.24, 2.45) is 0 Å². The van der Waals surface area contributed by atoms with Gasteiger partial charge in [0.15, 0.2) is 6.61 Å². The first-order valence-electron chi connectivity index (χ1n) is 10.0. The normalized spacial score (nSPS) is 10.7. The molecule has 4 rings (SSSR count). The van der Waals surface area contributed by atoms with E-state index in [0.29, 0.717) is 32.7 Å². The molecule has 10 heteroatoms. The van der Waals surface area contributed by atoms with Gasteiger partial charge in [-0.15, -0.1) is 0 Å². The molecular formula is C23H20N4O5S. The standard InChI is InChI=1S/C23H20N4O5S/c1-14-4-3-5-19(10-14)31-13-20(28)24-17-8-6-16(7-9-17)22(30)32-12-18-11-21(29)27-23(25-18)33-15(2)26-27/h3-11H,12-13H2,1-2H3,(H,24,28). The quantitative estimate of drug-likeness (QED) is 0.418. The summed E-state index contributed by atoms with van der Waals surface area (Å²) in [4.78, 5) is 41.3. The molecule has 33 heavy (non-hydrogen) atoms. The number of carbonyl (C=O) groups is 2. The van der Waals surface area contributed by atoms with Gasteiger partial charge in [-0.25, -0.2) is 9.78 Å². The molecule has 2 aromatic heterocycles. The van der Waals surface area contributed by atoms with Crippen LogP contribution >= 0.6 is 11.3 Å². The molecule has 0 radical (unpaired) electrons. The van der Waals surface area contributed by atoms with Crippen LogP contribution in [-0.4, -0.2) is 33.1 Å². The topological polar surface area (TPSA) is 112 Å². The second-order valence-electron chi connectivity index (χ2n) is 7.21. The molecule has 0 fully saturated rings. The van der Waals surface area contributed by atoms with Crippen molar-refractivity contribution in [1.82, 2.24) is 14.6 Å². The average molecular weight is 465 g/mol. The molecule has 0 unspecified atom stereocenters. The first-order valence-corrected chi connectivity index (χ1v) is 10.8. The number of esters is 1. The molecule has 4 aromatic rings. The summed E-state index contributed by atoms with van der Waals surface area (Å²) in [6, 6.07) is 15.0. The van der Waals surface area contributed by atoms with Crippen LogP contribution in [0.4, 0.5) is 5.69 Å². The Kier molecular flexibility index (Phi) is 6.45. The van der Waals surface area contributed by atoms with E-state index >= 15 is 0 Å². The molecule has 1 amide bonds. The number of benzene rings is 2. The van der Waals surface area contributed by atoms with Gasteiger partial charge >= 0.3 is 5.97 Å². The zero-order valence-electron chi connectivity index (χ0n) is 17.9. The van der Waals surface area contributed by atoms with Crippen molar-refractivity contribution >= 4 is 33.9 Å². The van der Waals surface area contributed by atoms with Crippen LogP contribution in [0.25, 0.3) is 4.96 Å². The molecule has 168 valence electrons. The maximum atomic E-state index is 12.3. The number of carbonyl (C=O) groups excluding carboxylic acids is 2. The number of nitrogens with one attached hydrogen (secondary N) is 1. The number of amides is 1. The lowest BCUT2D eigenvalue weighted by molar-refractivity contribution is -0.118. The first-order chi connectivity index (χ1) is 15.9. The summed E-state index contributed by atoms with van der Waals surface area (Å²) in [5, 5.41) is 7.49. The molecule has 9 nitrogen and oxygen atoms in total. The van der Waals surface area contributed by atoms with Crippen molar-refractivity contribution in [3.63, 3.8) is 0 Å². The molecule has 0 saturated carbocycles. The van der Waals surface area contributed by atoms with E-state index in [0.717, 1.165) is 5.56 Å². The van der Waals surface area contributed by atoms with Crippen molar-refractivity contribution in [2.75, 3.05) is 11.9 Å². The van der Waals surface area contributed by atoms with Gasteiger partial charge in [0, 0.05) is 11.8 Å². The predicted octanol–water partition coefficient (Wildman–Crippen LogP) is 3.14. The molecular weight excluding hydrogens is 444 g/mol. The van der Waals surface area contributed by atoms with Crippen LogP contribution in [0.2, 0.25) is 0 Å². The van der Waals surface area contributed by atoms with E-state index in [9.17, 15) is 14.4 Å². The molecule has 1 N–H and O–H groups in total. The second kappa shape index (κ2) is 9.61. The van der Waals surface area contributed by atoms with Crippen LogP contribution in [0, 0.1) is 13.8 Å². The Hall–Kier alpha value is -4.05. The zero-order chi connectivity index (χ0) is 23.4. The van der Waals surface area contributed by atoms with Gasteiger partial charge in [-0.3, -0.25) is 9.59 Å². The summed E-state index contributed by atoms with van der Waals surface area (Å²) in [7, 11) is 0. The molecule has 2 heterocycles. The summed E-state index contributed by atoms with van der Waals surface area (Å²) in [6.45, 7) is 3.44. The van der Waals surface area contributed by atoms with Crippen LogP contribution in [0.5, 0.6) is 5.75 Å². The maximum absolute atomic E-state index is 12.3. The summed E-state index contributed by atoms with van der Waals surface area (Å²) < 4.78 is 12.0. The van der Waals surface area contributed by atoms with Crippen molar-refractivity contribution in [2.45, 2.75) is 20.5 Å². The van der Waals surface area contributed by atoms with E-state index in [2.05, 4.69) is 15.4 Å². The van der Waals surface area contributed by atoms with E-state index in [1.807, 2.05) is 25.1 Å². The van der Waals surface area contributed by atoms with Crippen molar-refractivity contribution in [3.05, 3.63) is 86.8 Å². The van der Waals surface area contributed by atoms with Gasteiger partial charge in [-0.05, 0) is 55.8 Å². The highest BCUT2D eigenvalue weighted by atomic mass is 32.1. The van der Waals surface area contributed by atoms with Crippen LogP contribution in [0.15, 0.2) is 59.4 Å². The van der Waals surface area contributed by atoms with Gasteiger partial charge in [0.1, 0.15) is 17.4 Å². The van der Waals surface area contributed by atoms with Crippen LogP contribution in [-0.2, 0) is 16.1 Å². The number of fused-ring (bicyclic) bond motifs is 1. The largest absolute Gasteiger partial charge is 0.484 e. The fourth-order valence-corrected chi connectivity index (χ4v) is 3.76. The third-order valence-corrected chi connectivity index (χ3v) is 5.34. The number of hydrogen-bond acceptors (Lipinski definition) is 8. The molecule has 0 aliphatic heterocycles. The van der Waals surface area contributed by atoms with Gasteiger partial charge in [-0.1, -0.05) is 23.5 Å². The van der Waals surface area contributed by atoms with E-state index in [4.69, 9.17) is 9.47 Å². The Morgan fingerprint density at radius 1 is 1.09 bits per heavy atom. The van der Waals surface area contributed by atoms with Crippen LogP contribution in [0.1, 0.15) is 26.6 Å². The Morgan fingerprint density at radius 2 is 1.88 bits per heavy atom. The van der Waals surface area contributed by atoms with Gasteiger partial charge in [0.25, 0.3) is 11.5 Å². The monoisotopic (exact) mass is 464 g/mol. The lowest BCUT2D eigenvalue weighted by Gasteiger charge is -2.09. The van der Waals surface area contributed by atoms with Crippen LogP contribution < -0.4 is 15.6 Å². The van der Waals surface area contributed by atoms with E-state index in [-0.39, 0.29) is 24.7 Å². The third kappa shape index (κ3) is 5.60. The van der Waals surface area contributed by atoms with Crippen molar-refractivity contribution in [3.8, 4) is 5.75 Å². The van der Waals surface area contributed by atoms with E-state index in [1.54, 1.807) is 25.1 Å².